The van der Waals surface area contributed by atoms with E-state index in [4.69, 9.17) is 5.11 Å². The van der Waals surface area contributed by atoms with Crippen molar-refractivity contribution in [1.29, 1.82) is 0 Å². The van der Waals surface area contributed by atoms with Crippen molar-refractivity contribution in [2.24, 2.45) is 5.92 Å². The maximum Gasteiger partial charge on any atom is 0.319 e. The molecule has 1 saturated carbocycles. The van der Waals surface area contributed by atoms with Crippen molar-refractivity contribution in [1.82, 2.24) is 10.3 Å². The predicted molar refractivity (Wildman–Crippen MR) is 79.2 cm³/mol. The number of rotatable bonds is 4. The van der Waals surface area contributed by atoms with E-state index >= 15 is 0 Å². The number of nitrogens with zero attached hydrogens (tertiary/aromatic N) is 1. The van der Waals surface area contributed by atoms with E-state index in [-0.39, 0.29) is 18.5 Å². The van der Waals surface area contributed by atoms with Gasteiger partial charge in [-0.1, -0.05) is 19.8 Å². The second-order valence-corrected chi connectivity index (χ2v) is 5.58. The summed E-state index contributed by atoms with van der Waals surface area (Å²) in [6.45, 7) is 2.16. The zero-order valence-electron chi connectivity index (χ0n) is 12.1. The number of anilines is 1. The number of hydrogen-bond donors (Lipinski definition) is 3. The monoisotopic (exact) mass is 291 g/mol. The van der Waals surface area contributed by atoms with Gasteiger partial charge in [0.05, 0.1) is 24.0 Å². The third kappa shape index (κ3) is 4.73. The van der Waals surface area contributed by atoms with Crippen molar-refractivity contribution < 1.29 is 14.7 Å². The van der Waals surface area contributed by atoms with Crippen LogP contribution in [0.1, 0.15) is 38.3 Å². The molecule has 2 atom stereocenters. The fourth-order valence-electron chi connectivity index (χ4n) is 2.62. The number of hydrogen-bond acceptors (Lipinski definition) is 3. The standard InChI is InChI=1S/C15H21N3O3/c1-10-4-2-3-5-13(10)18-15(21)17-12-7-6-11(16-9-12)8-14(19)20/h6-7,9-10,13H,2-5,8H2,1H3,(H,19,20)(H2,17,18,21). The van der Waals surface area contributed by atoms with E-state index in [2.05, 4.69) is 22.5 Å². The van der Waals surface area contributed by atoms with Gasteiger partial charge in [-0.2, -0.15) is 0 Å². The molecule has 0 bridgehead atoms. The van der Waals surface area contributed by atoms with Gasteiger partial charge in [0.1, 0.15) is 0 Å². The number of carbonyl (C=O) groups is 2. The highest BCUT2D eigenvalue weighted by Crippen LogP contribution is 2.23. The summed E-state index contributed by atoms with van der Waals surface area (Å²) in [7, 11) is 0. The van der Waals surface area contributed by atoms with Crippen molar-refractivity contribution >= 4 is 17.7 Å². The molecule has 0 radical (unpaired) electrons. The molecule has 2 unspecified atom stereocenters. The zero-order chi connectivity index (χ0) is 15.2. The highest BCUT2D eigenvalue weighted by atomic mass is 16.4. The molecule has 1 heterocycles. The number of aromatic nitrogens is 1. The Labute approximate surface area is 124 Å². The zero-order valence-corrected chi connectivity index (χ0v) is 12.1. The fourth-order valence-corrected chi connectivity index (χ4v) is 2.62. The van der Waals surface area contributed by atoms with Crippen molar-refractivity contribution in [3.05, 3.63) is 24.0 Å². The van der Waals surface area contributed by atoms with Gasteiger partial charge in [0.2, 0.25) is 0 Å². The summed E-state index contributed by atoms with van der Waals surface area (Å²) >= 11 is 0. The molecule has 3 N–H and O–H groups in total. The first-order valence-corrected chi connectivity index (χ1v) is 7.29. The van der Waals surface area contributed by atoms with Gasteiger partial charge in [0, 0.05) is 6.04 Å². The molecule has 2 amide bonds. The van der Waals surface area contributed by atoms with E-state index < -0.39 is 5.97 Å². The normalized spacial score (nSPS) is 21.6. The average molecular weight is 291 g/mol. The molecule has 6 heteroatoms. The highest BCUT2D eigenvalue weighted by Gasteiger charge is 2.22. The topological polar surface area (TPSA) is 91.3 Å². The largest absolute Gasteiger partial charge is 0.481 e. The van der Waals surface area contributed by atoms with Gasteiger partial charge in [0.15, 0.2) is 0 Å². The molecule has 1 fully saturated rings. The number of carbonyl (C=O) groups excluding carboxylic acids is 1. The second-order valence-electron chi connectivity index (χ2n) is 5.58. The average Bonchev–Trinajstić information content (AvgIpc) is 2.43. The molecule has 0 spiro atoms. The number of aliphatic carboxylic acids is 1. The minimum atomic E-state index is -0.924. The van der Waals surface area contributed by atoms with Crippen LogP contribution in [0.3, 0.4) is 0 Å². The minimum absolute atomic E-state index is 0.119. The Morgan fingerprint density at radius 2 is 2.10 bits per heavy atom. The van der Waals surface area contributed by atoms with E-state index in [1.165, 1.54) is 12.6 Å². The summed E-state index contributed by atoms with van der Waals surface area (Å²) in [6, 6.07) is 3.25. The Bertz CT molecular complexity index is 501. The fraction of sp³-hybridized carbons (Fsp3) is 0.533. The third-order valence-corrected chi connectivity index (χ3v) is 3.84. The molecular formula is C15H21N3O3. The molecule has 0 aliphatic heterocycles. The van der Waals surface area contributed by atoms with Crippen LogP contribution < -0.4 is 10.6 Å². The number of nitrogens with one attached hydrogen (secondary N) is 2. The summed E-state index contributed by atoms with van der Waals surface area (Å²) in [6.07, 6.45) is 5.91. The third-order valence-electron chi connectivity index (χ3n) is 3.84. The van der Waals surface area contributed by atoms with E-state index in [1.807, 2.05) is 0 Å². The Morgan fingerprint density at radius 3 is 2.71 bits per heavy atom. The quantitative estimate of drug-likeness (QED) is 0.794. The van der Waals surface area contributed by atoms with Crippen LogP contribution in [0, 0.1) is 5.92 Å². The second kappa shape index (κ2) is 7.06. The number of carboxylic acids is 1. The number of urea groups is 1. The van der Waals surface area contributed by atoms with E-state index in [0.717, 1.165) is 19.3 Å². The van der Waals surface area contributed by atoms with Crippen LogP contribution in [0.5, 0.6) is 0 Å². The van der Waals surface area contributed by atoms with Gasteiger partial charge < -0.3 is 15.7 Å². The molecule has 0 aromatic carbocycles. The lowest BCUT2D eigenvalue weighted by atomic mass is 9.86. The molecule has 2 rings (SSSR count). The van der Waals surface area contributed by atoms with Crippen LogP contribution in [0.25, 0.3) is 0 Å². The van der Waals surface area contributed by atoms with E-state index in [0.29, 0.717) is 17.3 Å². The Hall–Kier alpha value is -2.11. The minimum Gasteiger partial charge on any atom is -0.481 e. The Balaban J connectivity index is 1.85. The van der Waals surface area contributed by atoms with Crippen molar-refractivity contribution in [2.75, 3.05) is 5.32 Å². The summed E-state index contributed by atoms with van der Waals surface area (Å²) in [5.74, 6) is -0.423. The first-order valence-electron chi connectivity index (χ1n) is 7.29. The Morgan fingerprint density at radius 1 is 1.33 bits per heavy atom. The summed E-state index contributed by atoms with van der Waals surface area (Å²) in [4.78, 5) is 26.5. The molecule has 21 heavy (non-hydrogen) atoms. The maximum absolute atomic E-state index is 11.9. The number of carboxylic acid groups (broad SMARTS) is 1. The van der Waals surface area contributed by atoms with Gasteiger partial charge in [0.25, 0.3) is 0 Å². The van der Waals surface area contributed by atoms with Crippen LogP contribution in [0.2, 0.25) is 0 Å². The van der Waals surface area contributed by atoms with Crippen molar-refractivity contribution in [2.45, 2.75) is 45.1 Å². The van der Waals surface area contributed by atoms with E-state index in [9.17, 15) is 9.59 Å². The van der Waals surface area contributed by atoms with Gasteiger partial charge in [-0.25, -0.2) is 4.79 Å². The summed E-state index contributed by atoms with van der Waals surface area (Å²) in [5.41, 5.74) is 1.03. The molecular weight excluding hydrogens is 270 g/mol. The summed E-state index contributed by atoms with van der Waals surface area (Å²) in [5, 5.41) is 14.4. The molecule has 1 aliphatic rings. The van der Waals surface area contributed by atoms with Gasteiger partial charge >= 0.3 is 12.0 Å². The molecule has 1 aliphatic carbocycles. The SMILES string of the molecule is CC1CCCCC1NC(=O)Nc1ccc(CC(=O)O)nc1. The maximum atomic E-state index is 11.9. The lowest BCUT2D eigenvalue weighted by molar-refractivity contribution is -0.136. The lowest BCUT2D eigenvalue weighted by Gasteiger charge is -2.29. The molecule has 0 saturated heterocycles. The van der Waals surface area contributed by atoms with Gasteiger partial charge in [-0.3, -0.25) is 9.78 Å². The lowest BCUT2D eigenvalue weighted by Crippen LogP contribution is -2.43. The number of amides is 2. The van der Waals surface area contributed by atoms with Crippen LogP contribution >= 0.6 is 0 Å². The van der Waals surface area contributed by atoms with Crippen molar-refractivity contribution in [3.8, 4) is 0 Å². The predicted octanol–water partition coefficient (Wildman–Crippen LogP) is 2.41. The number of pyridine rings is 1. The van der Waals surface area contributed by atoms with Crippen LogP contribution in [-0.4, -0.2) is 28.1 Å². The van der Waals surface area contributed by atoms with Crippen LogP contribution in [0.4, 0.5) is 10.5 Å². The van der Waals surface area contributed by atoms with Crippen LogP contribution in [0.15, 0.2) is 18.3 Å². The van der Waals surface area contributed by atoms with Crippen LogP contribution in [-0.2, 0) is 11.2 Å². The molecule has 1 aromatic heterocycles. The highest BCUT2D eigenvalue weighted by molar-refractivity contribution is 5.89. The molecule has 114 valence electrons. The smallest absolute Gasteiger partial charge is 0.319 e. The summed E-state index contributed by atoms with van der Waals surface area (Å²) < 4.78 is 0. The first-order chi connectivity index (χ1) is 10.0. The van der Waals surface area contributed by atoms with Gasteiger partial charge in [-0.15, -0.1) is 0 Å². The Kier molecular flexibility index (Phi) is 5.14. The van der Waals surface area contributed by atoms with Crippen molar-refractivity contribution in [3.63, 3.8) is 0 Å². The first kappa shape index (κ1) is 15.3. The van der Waals surface area contributed by atoms with E-state index in [1.54, 1.807) is 12.1 Å². The molecule has 6 nitrogen and oxygen atoms in total. The molecule has 1 aromatic rings. The van der Waals surface area contributed by atoms with Gasteiger partial charge in [-0.05, 0) is 30.9 Å².